The summed E-state index contributed by atoms with van der Waals surface area (Å²) in [5, 5.41) is 0.294. The van der Waals surface area contributed by atoms with Gasteiger partial charge in [-0.25, -0.2) is 4.98 Å². The largest absolute Gasteiger partial charge is 0.383 e. The van der Waals surface area contributed by atoms with Gasteiger partial charge in [0.25, 0.3) is 5.56 Å². The molecule has 0 aliphatic heterocycles. The van der Waals surface area contributed by atoms with Crippen molar-refractivity contribution < 1.29 is 0 Å². The molecule has 0 radical (unpaired) electrons. The Kier molecular flexibility index (Phi) is 2.86. The number of benzene rings is 1. The van der Waals surface area contributed by atoms with Crippen LogP contribution in [0, 0.1) is 6.92 Å². The van der Waals surface area contributed by atoms with Crippen LogP contribution in [0.1, 0.15) is 5.56 Å². The van der Waals surface area contributed by atoms with Crippen molar-refractivity contribution in [3.8, 4) is 11.3 Å². The molecule has 0 aliphatic rings. The zero-order valence-electron chi connectivity index (χ0n) is 11.8. The lowest BCUT2D eigenvalue weighted by Crippen LogP contribution is -2.21. The van der Waals surface area contributed by atoms with Crippen molar-refractivity contribution in [3.63, 3.8) is 0 Å². The average molecular weight is 281 g/mol. The van der Waals surface area contributed by atoms with E-state index in [9.17, 15) is 4.79 Å². The summed E-state index contributed by atoms with van der Waals surface area (Å²) >= 11 is 0. The topological polar surface area (TPSA) is 99.8 Å². The number of hydrogen-bond donors (Lipinski definition) is 2. The summed E-state index contributed by atoms with van der Waals surface area (Å²) < 4.78 is 1.54. The van der Waals surface area contributed by atoms with E-state index in [2.05, 4.69) is 9.97 Å². The second-order valence-electron chi connectivity index (χ2n) is 4.99. The van der Waals surface area contributed by atoms with Crippen molar-refractivity contribution in [2.75, 3.05) is 11.5 Å². The third-order valence-electron chi connectivity index (χ3n) is 3.48. The molecule has 2 heterocycles. The highest BCUT2D eigenvalue weighted by molar-refractivity contribution is 5.90. The minimum atomic E-state index is -0.236. The van der Waals surface area contributed by atoms with Gasteiger partial charge in [0.2, 0.25) is 5.95 Å². The summed E-state index contributed by atoms with van der Waals surface area (Å²) in [6, 6.07) is 9.71. The average Bonchev–Trinajstić information content (AvgIpc) is 2.43. The van der Waals surface area contributed by atoms with Crippen molar-refractivity contribution in [2.24, 2.45) is 7.05 Å². The van der Waals surface area contributed by atoms with Gasteiger partial charge in [0.1, 0.15) is 11.2 Å². The second kappa shape index (κ2) is 4.59. The molecule has 1 aromatic carbocycles. The third kappa shape index (κ3) is 2.10. The number of anilines is 2. The predicted octanol–water partition coefficient (Wildman–Crippen LogP) is 1.47. The van der Waals surface area contributed by atoms with Crippen molar-refractivity contribution in [1.82, 2.24) is 14.5 Å². The number of aryl methyl sites for hydroxylation is 1. The first-order valence-corrected chi connectivity index (χ1v) is 6.47. The Labute approximate surface area is 121 Å². The van der Waals surface area contributed by atoms with E-state index in [1.54, 1.807) is 17.7 Å². The third-order valence-corrected chi connectivity index (χ3v) is 3.48. The molecule has 3 rings (SSSR count). The van der Waals surface area contributed by atoms with Crippen LogP contribution in [-0.4, -0.2) is 14.5 Å². The van der Waals surface area contributed by atoms with Crippen LogP contribution in [0.4, 0.5) is 11.8 Å². The summed E-state index contributed by atoms with van der Waals surface area (Å²) in [5.74, 6) is 0.164. The van der Waals surface area contributed by atoms with Crippen LogP contribution in [0.2, 0.25) is 0 Å². The standard InChI is InChI=1S/C15H15N5O/c1-8-3-5-9(6-4-8)11-7-10-12(14(21)20(11)2)13(16)19-15(17)18-10/h3-7H,1-2H3,(H4,16,17,18,19). The Morgan fingerprint density at radius 1 is 1.10 bits per heavy atom. The Hall–Kier alpha value is -2.89. The maximum absolute atomic E-state index is 12.5. The molecule has 4 N–H and O–H groups in total. The Morgan fingerprint density at radius 3 is 2.43 bits per heavy atom. The molecule has 3 aromatic rings. The molecular formula is C15H15N5O. The summed E-state index contributed by atoms with van der Waals surface area (Å²) in [5.41, 5.74) is 14.5. The van der Waals surface area contributed by atoms with Gasteiger partial charge in [-0.1, -0.05) is 29.8 Å². The van der Waals surface area contributed by atoms with Gasteiger partial charge in [-0.15, -0.1) is 0 Å². The normalized spacial score (nSPS) is 11.0. The molecule has 0 fully saturated rings. The monoisotopic (exact) mass is 281 g/mol. The molecule has 0 unspecified atom stereocenters. The number of nitrogens with zero attached hydrogens (tertiary/aromatic N) is 3. The first-order chi connectivity index (χ1) is 9.97. The Balaban J connectivity index is 2.37. The molecule has 0 atom stereocenters. The number of hydrogen-bond acceptors (Lipinski definition) is 5. The van der Waals surface area contributed by atoms with Crippen LogP contribution < -0.4 is 17.0 Å². The highest BCUT2D eigenvalue weighted by atomic mass is 16.1. The molecule has 2 aromatic heterocycles. The molecule has 0 saturated heterocycles. The molecule has 0 spiro atoms. The summed E-state index contributed by atoms with van der Waals surface area (Å²) in [6.07, 6.45) is 0. The number of rotatable bonds is 1. The second-order valence-corrected chi connectivity index (χ2v) is 4.99. The number of nitrogens with two attached hydrogens (primary N) is 2. The van der Waals surface area contributed by atoms with E-state index in [1.165, 1.54) is 0 Å². The highest BCUT2D eigenvalue weighted by Gasteiger charge is 2.13. The Bertz CT molecular complexity index is 897. The summed E-state index contributed by atoms with van der Waals surface area (Å²) in [6.45, 7) is 2.01. The fraction of sp³-hybridized carbons (Fsp3) is 0.133. The van der Waals surface area contributed by atoms with Gasteiger partial charge in [0.15, 0.2) is 0 Å². The Morgan fingerprint density at radius 2 is 1.76 bits per heavy atom. The van der Waals surface area contributed by atoms with Crippen molar-refractivity contribution in [2.45, 2.75) is 6.92 Å². The fourth-order valence-corrected chi connectivity index (χ4v) is 2.34. The number of fused-ring (bicyclic) bond motifs is 1. The van der Waals surface area contributed by atoms with Gasteiger partial charge in [-0.3, -0.25) is 4.79 Å². The van der Waals surface area contributed by atoms with Crippen LogP contribution in [0.15, 0.2) is 35.1 Å². The first kappa shape index (κ1) is 13.1. The summed E-state index contributed by atoms with van der Waals surface area (Å²) in [7, 11) is 1.70. The van der Waals surface area contributed by atoms with E-state index in [0.717, 1.165) is 16.8 Å². The number of nitrogen functional groups attached to an aromatic ring is 2. The molecule has 0 bridgehead atoms. The van der Waals surface area contributed by atoms with Crippen LogP contribution in [-0.2, 0) is 7.05 Å². The van der Waals surface area contributed by atoms with Gasteiger partial charge in [0.05, 0.1) is 11.2 Å². The van der Waals surface area contributed by atoms with Crippen LogP contribution >= 0.6 is 0 Å². The van der Waals surface area contributed by atoms with E-state index in [-0.39, 0.29) is 17.3 Å². The zero-order valence-corrected chi connectivity index (χ0v) is 11.8. The molecule has 6 heteroatoms. The minimum Gasteiger partial charge on any atom is -0.383 e. The lowest BCUT2D eigenvalue weighted by Gasteiger charge is -2.11. The van der Waals surface area contributed by atoms with E-state index < -0.39 is 0 Å². The van der Waals surface area contributed by atoms with Gasteiger partial charge in [0, 0.05) is 7.05 Å². The highest BCUT2D eigenvalue weighted by Crippen LogP contribution is 2.23. The van der Waals surface area contributed by atoms with E-state index in [1.807, 2.05) is 31.2 Å². The lowest BCUT2D eigenvalue weighted by molar-refractivity contribution is 0.881. The summed E-state index contributed by atoms with van der Waals surface area (Å²) in [4.78, 5) is 20.4. The van der Waals surface area contributed by atoms with Crippen molar-refractivity contribution in [1.29, 1.82) is 0 Å². The fourth-order valence-electron chi connectivity index (χ4n) is 2.34. The number of aromatic nitrogens is 3. The van der Waals surface area contributed by atoms with Crippen LogP contribution in [0.5, 0.6) is 0 Å². The van der Waals surface area contributed by atoms with Gasteiger partial charge < -0.3 is 16.0 Å². The minimum absolute atomic E-state index is 0.0584. The zero-order chi connectivity index (χ0) is 15.1. The van der Waals surface area contributed by atoms with Crippen molar-refractivity contribution >= 4 is 22.7 Å². The van der Waals surface area contributed by atoms with Crippen molar-refractivity contribution in [3.05, 3.63) is 46.2 Å². The maximum Gasteiger partial charge on any atom is 0.263 e. The number of pyridine rings is 1. The van der Waals surface area contributed by atoms with E-state index in [0.29, 0.717) is 10.9 Å². The molecular weight excluding hydrogens is 266 g/mol. The van der Waals surface area contributed by atoms with Gasteiger partial charge in [-0.05, 0) is 18.6 Å². The molecule has 21 heavy (non-hydrogen) atoms. The quantitative estimate of drug-likeness (QED) is 0.703. The molecule has 106 valence electrons. The molecule has 6 nitrogen and oxygen atoms in total. The first-order valence-electron chi connectivity index (χ1n) is 6.47. The van der Waals surface area contributed by atoms with Gasteiger partial charge in [-0.2, -0.15) is 4.98 Å². The van der Waals surface area contributed by atoms with E-state index in [4.69, 9.17) is 11.5 Å². The molecule has 0 amide bonds. The van der Waals surface area contributed by atoms with Gasteiger partial charge >= 0.3 is 0 Å². The predicted molar refractivity (Wildman–Crippen MR) is 83.8 cm³/mol. The van der Waals surface area contributed by atoms with Crippen LogP contribution in [0.25, 0.3) is 22.2 Å². The lowest BCUT2D eigenvalue weighted by atomic mass is 10.1. The van der Waals surface area contributed by atoms with E-state index >= 15 is 0 Å². The smallest absolute Gasteiger partial charge is 0.263 e. The molecule has 0 saturated carbocycles. The maximum atomic E-state index is 12.5. The molecule has 0 aliphatic carbocycles. The van der Waals surface area contributed by atoms with Crippen LogP contribution in [0.3, 0.4) is 0 Å². The SMILES string of the molecule is Cc1ccc(-c2cc3nc(N)nc(N)c3c(=O)n2C)cc1.